The van der Waals surface area contributed by atoms with Gasteiger partial charge in [0.25, 0.3) is 0 Å². The van der Waals surface area contributed by atoms with Gasteiger partial charge in [-0.3, -0.25) is 0 Å². The molecule has 0 spiro atoms. The molecule has 2 rings (SSSR count). The number of alkyl carbamates (subject to hydrolysis) is 1. The lowest BCUT2D eigenvalue weighted by molar-refractivity contribution is 0.0529. The summed E-state index contributed by atoms with van der Waals surface area (Å²) in [5, 5.41) is 19.6. The predicted octanol–water partition coefficient (Wildman–Crippen LogP) is 1.99. The topological polar surface area (TPSA) is 105 Å². The van der Waals surface area contributed by atoms with Crippen LogP contribution < -0.4 is 16.0 Å². The molecule has 29 heavy (non-hydrogen) atoms. The Morgan fingerprint density at radius 2 is 1.93 bits per heavy atom. The fraction of sp³-hybridized carbons (Fsp3) is 0.579. The Hall–Kier alpha value is -2.62. The second-order valence-electron chi connectivity index (χ2n) is 7.50. The zero-order valence-corrected chi connectivity index (χ0v) is 18.6. The van der Waals surface area contributed by atoms with Crippen molar-refractivity contribution >= 4 is 23.4 Å². The minimum absolute atomic E-state index is 0.408. The number of carbonyl (C=O) groups excluding carboxylic acids is 1. The number of aryl methyl sites for hydroxylation is 1. The molecular weight excluding hydrogens is 390 g/mol. The fourth-order valence-electron chi connectivity index (χ4n) is 2.33. The van der Waals surface area contributed by atoms with Crippen molar-refractivity contribution in [1.29, 1.82) is 0 Å². The summed E-state index contributed by atoms with van der Waals surface area (Å²) >= 11 is 1.74. The number of aromatic nitrogens is 3. The lowest BCUT2D eigenvalue weighted by Gasteiger charge is -2.20. The Balaban J connectivity index is 1.85. The first-order chi connectivity index (χ1) is 13.7. The molecule has 9 nitrogen and oxygen atoms in total. The first-order valence-electron chi connectivity index (χ1n) is 9.61. The lowest BCUT2D eigenvalue weighted by atomic mass is 10.2. The van der Waals surface area contributed by atoms with Gasteiger partial charge in [0.15, 0.2) is 11.8 Å². The van der Waals surface area contributed by atoms with Crippen LogP contribution in [0.15, 0.2) is 22.5 Å². The largest absolute Gasteiger partial charge is 0.444 e. The van der Waals surface area contributed by atoms with Crippen LogP contribution in [0.1, 0.15) is 37.3 Å². The van der Waals surface area contributed by atoms with Crippen LogP contribution in [0.4, 0.5) is 4.79 Å². The molecule has 0 saturated carbocycles. The van der Waals surface area contributed by atoms with Crippen molar-refractivity contribution in [2.24, 2.45) is 12.0 Å². The molecule has 0 aliphatic rings. The van der Waals surface area contributed by atoms with Crippen LogP contribution in [-0.2, 0) is 24.8 Å². The van der Waals surface area contributed by atoms with Gasteiger partial charge in [-0.05, 0) is 45.6 Å². The smallest absolute Gasteiger partial charge is 0.407 e. The molecule has 0 bridgehead atoms. The third-order valence-corrected chi connectivity index (χ3v) is 4.83. The summed E-state index contributed by atoms with van der Waals surface area (Å²) in [6.07, 6.45) is 0.482. The van der Waals surface area contributed by atoms with Crippen molar-refractivity contribution in [3.63, 3.8) is 0 Å². The van der Waals surface area contributed by atoms with E-state index in [-0.39, 0.29) is 0 Å². The maximum atomic E-state index is 11.7. The van der Waals surface area contributed by atoms with Gasteiger partial charge < -0.3 is 25.3 Å². The minimum Gasteiger partial charge on any atom is -0.444 e. The molecule has 0 saturated heterocycles. The molecule has 1 amide bonds. The Morgan fingerprint density at radius 1 is 1.21 bits per heavy atom. The summed E-state index contributed by atoms with van der Waals surface area (Å²) in [7, 11) is 1.92. The van der Waals surface area contributed by atoms with Crippen LogP contribution in [0.3, 0.4) is 0 Å². The van der Waals surface area contributed by atoms with Gasteiger partial charge in [-0.2, -0.15) is 0 Å². The molecule has 2 aromatic rings. The van der Waals surface area contributed by atoms with Gasteiger partial charge in [-0.25, -0.2) is 9.79 Å². The van der Waals surface area contributed by atoms with Gasteiger partial charge in [-0.1, -0.05) is 6.07 Å². The molecule has 160 valence electrons. The number of hydrogen-bond acceptors (Lipinski definition) is 6. The zero-order valence-electron chi connectivity index (χ0n) is 17.8. The zero-order chi connectivity index (χ0) is 21.3. The van der Waals surface area contributed by atoms with Crippen LogP contribution in [0.5, 0.6) is 0 Å². The highest BCUT2D eigenvalue weighted by molar-refractivity contribution is 7.09. The SMILES string of the molecule is Cc1nnc(CN=C(NCCNC(=O)OC(C)(C)C)NCCc2cccs2)n1C. The molecule has 2 heterocycles. The van der Waals surface area contributed by atoms with E-state index in [0.717, 1.165) is 24.6 Å². The van der Waals surface area contributed by atoms with Gasteiger partial charge in [-0.15, -0.1) is 21.5 Å². The van der Waals surface area contributed by atoms with E-state index in [1.54, 1.807) is 11.3 Å². The van der Waals surface area contributed by atoms with E-state index in [4.69, 9.17) is 4.74 Å². The van der Waals surface area contributed by atoms with E-state index >= 15 is 0 Å². The van der Waals surface area contributed by atoms with Crippen molar-refractivity contribution in [3.8, 4) is 0 Å². The Labute approximate surface area is 176 Å². The molecule has 0 fully saturated rings. The maximum Gasteiger partial charge on any atom is 0.407 e. The van der Waals surface area contributed by atoms with Gasteiger partial charge in [0.1, 0.15) is 18.0 Å². The van der Waals surface area contributed by atoms with E-state index < -0.39 is 11.7 Å². The standard InChI is InChI=1S/C19H31N7O2S/c1-14-24-25-16(26(14)5)13-23-17(20-9-8-15-7-6-12-29-15)21-10-11-22-18(27)28-19(2,3)4/h6-7,12H,8-11,13H2,1-5H3,(H,22,27)(H2,20,21,23). The van der Waals surface area contributed by atoms with Crippen molar-refractivity contribution in [2.45, 2.75) is 46.3 Å². The monoisotopic (exact) mass is 421 g/mol. The number of carbonyl (C=O) groups is 1. The maximum absolute atomic E-state index is 11.7. The van der Waals surface area contributed by atoms with E-state index in [0.29, 0.717) is 25.6 Å². The highest BCUT2D eigenvalue weighted by atomic mass is 32.1. The number of guanidine groups is 1. The molecule has 3 N–H and O–H groups in total. The van der Waals surface area contributed by atoms with Gasteiger partial charge in [0.2, 0.25) is 0 Å². The van der Waals surface area contributed by atoms with Crippen LogP contribution in [-0.4, -0.2) is 52.1 Å². The number of aliphatic imine (C=N–C) groups is 1. The molecular formula is C19H31N7O2S. The number of thiophene rings is 1. The highest BCUT2D eigenvalue weighted by Gasteiger charge is 2.15. The molecule has 0 aliphatic heterocycles. The molecule has 0 unspecified atom stereocenters. The first kappa shape index (κ1) is 22.7. The lowest BCUT2D eigenvalue weighted by Crippen LogP contribution is -2.43. The number of rotatable bonds is 8. The van der Waals surface area contributed by atoms with E-state index in [1.807, 2.05) is 45.4 Å². The number of nitrogens with one attached hydrogen (secondary N) is 3. The summed E-state index contributed by atoms with van der Waals surface area (Å²) in [5.74, 6) is 2.29. The number of nitrogens with zero attached hydrogens (tertiary/aromatic N) is 4. The molecule has 0 aliphatic carbocycles. The quantitative estimate of drug-likeness (QED) is 0.342. The van der Waals surface area contributed by atoms with Gasteiger partial charge in [0, 0.05) is 31.6 Å². The van der Waals surface area contributed by atoms with Crippen LogP contribution in [0.2, 0.25) is 0 Å². The Kier molecular flexibility index (Phi) is 8.44. The van der Waals surface area contributed by atoms with Crippen LogP contribution in [0, 0.1) is 6.92 Å². The molecule has 0 atom stereocenters. The van der Waals surface area contributed by atoms with Crippen LogP contribution >= 0.6 is 11.3 Å². The number of ether oxygens (including phenoxy) is 1. The van der Waals surface area contributed by atoms with Crippen molar-refractivity contribution < 1.29 is 9.53 Å². The third kappa shape index (κ3) is 8.51. The normalized spacial score (nSPS) is 12.0. The first-order valence-corrected chi connectivity index (χ1v) is 10.5. The summed E-state index contributed by atoms with van der Waals surface area (Å²) in [4.78, 5) is 17.6. The van der Waals surface area contributed by atoms with Crippen molar-refractivity contribution in [3.05, 3.63) is 34.0 Å². The molecule has 2 aromatic heterocycles. The molecule has 0 radical (unpaired) electrons. The number of amides is 1. The Bertz CT molecular complexity index is 794. The van der Waals surface area contributed by atoms with E-state index in [2.05, 4.69) is 42.6 Å². The van der Waals surface area contributed by atoms with Crippen LogP contribution in [0.25, 0.3) is 0 Å². The highest BCUT2D eigenvalue weighted by Crippen LogP contribution is 2.08. The molecule has 0 aromatic carbocycles. The average Bonchev–Trinajstić information content (AvgIpc) is 3.26. The third-order valence-electron chi connectivity index (χ3n) is 3.89. The van der Waals surface area contributed by atoms with E-state index in [9.17, 15) is 4.79 Å². The fourth-order valence-corrected chi connectivity index (χ4v) is 3.04. The summed E-state index contributed by atoms with van der Waals surface area (Å²) in [6.45, 7) is 9.51. The van der Waals surface area contributed by atoms with Crippen molar-refractivity contribution in [1.82, 2.24) is 30.7 Å². The van der Waals surface area contributed by atoms with Gasteiger partial charge >= 0.3 is 6.09 Å². The second-order valence-corrected chi connectivity index (χ2v) is 8.53. The second kappa shape index (κ2) is 10.8. The predicted molar refractivity (Wildman–Crippen MR) is 115 cm³/mol. The Morgan fingerprint density at radius 3 is 2.55 bits per heavy atom. The molecule has 10 heteroatoms. The van der Waals surface area contributed by atoms with Crippen molar-refractivity contribution in [2.75, 3.05) is 19.6 Å². The minimum atomic E-state index is -0.512. The average molecular weight is 422 g/mol. The van der Waals surface area contributed by atoms with Gasteiger partial charge in [0.05, 0.1) is 0 Å². The summed E-state index contributed by atoms with van der Waals surface area (Å²) in [6, 6.07) is 4.16. The summed E-state index contributed by atoms with van der Waals surface area (Å²) < 4.78 is 7.14. The number of hydrogen-bond donors (Lipinski definition) is 3. The van der Waals surface area contributed by atoms with E-state index in [1.165, 1.54) is 4.88 Å². The summed E-state index contributed by atoms with van der Waals surface area (Å²) in [5.41, 5.74) is -0.512.